The largest absolute Gasteiger partial charge is 0.497 e. The second kappa shape index (κ2) is 9.08. The summed E-state index contributed by atoms with van der Waals surface area (Å²) >= 11 is 0. The number of carbonyl (C=O) groups is 2. The lowest BCUT2D eigenvalue weighted by Gasteiger charge is -2.08. The van der Waals surface area contributed by atoms with E-state index in [1.165, 1.54) is 7.11 Å². The van der Waals surface area contributed by atoms with Crippen LogP contribution in [0.1, 0.15) is 17.5 Å². The maximum atomic E-state index is 11.8. The molecule has 0 aliphatic rings. The van der Waals surface area contributed by atoms with Crippen molar-refractivity contribution in [3.8, 4) is 11.8 Å². The molecule has 2 rings (SSSR count). The Morgan fingerprint density at radius 3 is 2.60 bits per heavy atom. The van der Waals surface area contributed by atoms with Crippen LogP contribution in [0.3, 0.4) is 0 Å². The third kappa shape index (κ3) is 5.99. The number of rotatable bonds is 7. The van der Waals surface area contributed by atoms with Gasteiger partial charge in [-0.05, 0) is 36.2 Å². The molecular weight excluding hydrogens is 320 g/mol. The molecule has 0 aliphatic heterocycles. The normalized spacial score (nSPS) is 9.76. The van der Waals surface area contributed by atoms with E-state index < -0.39 is 11.9 Å². The molecule has 0 aromatic heterocycles. The number of anilines is 1. The number of nitrogens with zero attached hydrogens (tertiary/aromatic N) is 1. The van der Waals surface area contributed by atoms with E-state index in [9.17, 15) is 9.59 Å². The molecule has 0 saturated heterocycles. The number of hydrogen-bond acceptors (Lipinski definition) is 5. The Bertz CT molecular complexity index is 779. The first kappa shape index (κ1) is 18.0. The summed E-state index contributed by atoms with van der Waals surface area (Å²) in [5.74, 6) is -0.248. The van der Waals surface area contributed by atoms with E-state index in [0.717, 1.165) is 5.56 Å². The fourth-order valence-electron chi connectivity index (χ4n) is 2.11. The average Bonchev–Trinajstić information content (AvgIpc) is 2.65. The monoisotopic (exact) mass is 338 g/mol. The van der Waals surface area contributed by atoms with E-state index in [1.54, 1.807) is 48.5 Å². The number of ether oxygens (including phenoxy) is 2. The molecule has 0 spiro atoms. The van der Waals surface area contributed by atoms with Crippen molar-refractivity contribution in [2.24, 2.45) is 0 Å². The lowest BCUT2D eigenvalue weighted by atomic mass is 10.1. The molecule has 128 valence electrons. The quantitative estimate of drug-likeness (QED) is 0.784. The number of amides is 1. The highest BCUT2D eigenvalue weighted by Gasteiger charge is 2.09. The summed E-state index contributed by atoms with van der Waals surface area (Å²) in [7, 11) is 1.54. The van der Waals surface area contributed by atoms with Gasteiger partial charge in [0.25, 0.3) is 5.91 Å². The van der Waals surface area contributed by atoms with Crippen molar-refractivity contribution in [1.29, 1.82) is 5.26 Å². The zero-order valence-electron chi connectivity index (χ0n) is 13.8. The van der Waals surface area contributed by atoms with Gasteiger partial charge in [-0.3, -0.25) is 9.59 Å². The van der Waals surface area contributed by atoms with Crippen LogP contribution in [0.5, 0.6) is 5.75 Å². The average molecular weight is 338 g/mol. The Morgan fingerprint density at radius 2 is 1.92 bits per heavy atom. The Kier molecular flexibility index (Phi) is 6.55. The molecule has 6 nitrogen and oxygen atoms in total. The molecule has 0 atom stereocenters. The van der Waals surface area contributed by atoms with Crippen LogP contribution < -0.4 is 10.1 Å². The van der Waals surface area contributed by atoms with Crippen LogP contribution in [0, 0.1) is 11.3 Å². The van der Waals surface area contributed by atoms with E-state index in [0.29, 0.717) is 23.4 Å². The Labute approximate surface area is 146 Å². The molecule has 0 unspecified atom stereocenters. The minimum Gasteiger partial charge on any atom is -0.497 e. The first-order valence-corrected chi connectivity index (χ1v) is 7.69. The summed E-state index contributed by atoms with van der Waals surface area (Å²) in [6.45, 7) is -0.344. The van der Waals surface area contributed by atoms with Crippen LogP contribution >= 0.6 is 0 Å². The molecule has 0 heterocycles. The number of hydrogen-bond donors (Lipinski definition) is 1. The Hall–Kier alpha value is -3.33. The fourth-order valence-corrected chi connectivity index (χ4v) is 2.11. The van der Waals surface area contributed by atoms with Crippen LogP contribution in [0.2, 0.25) is 0 Å². The van der Waals surface area contributed by atoms with Gasteiger partial charge in [-0.25, -0.2) is 0 Å². The number of aryl methyl sites for hydroxylation is 1. The highest BCUT2D eigenvalue weighted by atomic mass is 16.5. The van der Waals surface area contributed by atoms with Gasteiger partial charge in [0.15, 0.2) is 6.61 Å². The van der Waals surface area contributed by atoms with Gasteiger partial charge in [-0.1, -0.05) is 18.2 Å². The Balaban J connectivity index is 1.73. The zero-order chi connectivity index (χ0) is 18.1. The molecule has 6 heteroatoms. The molecule has 1 amide bonds. The predicted octanol–water partition coefficient (Wildman–Crippen LogP) is 2.68. The van der Waals surface area contributed by atoms with Crippen molar-refractivity contribution in [1.82, 2.24) is 0 Å². The van der Waals surface area contributed by atoms with Gasteiger partial charge in [0.1, 0.15) is 5.75 Å². The molecule has 2 aromatic rings. The van der Waals surface area contributed by atoms with E-state index in [-0.39, 0.29) is 13.0 Å². The van der Waals surface area contributed by atoms with Crippen LogP contribution in [0.4, 0.5) is 5.69 Å². The van der Waals surface area contributed by atoms with Crippen molar-refractivity contribution in [2.75, 3.05) is 19.0 Å². The lowest BCUT2D eigenvalue weighted by molar-refractivity contribution is -0.147. The molecule has 0 bridgehead atoms. The first-order chi connectivity index (χ1) is 12.1. The highest BCUT2D eigenvalue weighted by Crippen LogP contribution is 2.16. The summed E-state index contributed by atoms with van der Waals surface area (Å²) in [4.78, 5) is 23.5. The second-order valence-electron chi connectivity index (χ2n) is 5.25. The summed E-state index contributed by atoms with van der Waals surface area (Å²) in [6, 6.07) is 15.9. The van der Waals surface area contributed by atoms with E-state index in [4.69, 9.17) is 14.7 Å². The van der Waals surface area contributed by atoms with Gasteiger partial charge in [-0.2, -0.15) is 5.26 Å². The van der Waals surface area contributed by atoms with Gasteiger partial charge in [0.2, 0.25) is 0 Å². The Morgan fingerprint density at radius 1 is 1.16 bits per heavy atom. The number of benzene rings is 2. The number of carbonyl (C=O) groups excluding carboxylic acids is 2. The maximum Gasteiger partial charge on any atom is 0.306 e. The molecule has 0 radical (unpaired) electrons. The van der Waals surface area contributed by atoms with Crippen molar-refractivity contribution in [2.45, 2.75) is 12.8 Å². The summed E-state index contributed by atoms with van der Waals surface area (Å²) in [5.41, 5.74) is 2.07. The predicted molar refractivity (Wildman–Crippen MR) is 92.1 cm³/mol. The van der Waals surface area contributed by atoms with Crippen LogP contribution in [-0.2, 0) is 20.7 Å². The van der Waals surface area contributed by atoms with Gasteiger partial charge in [0, 0.05) is 18.2 Å². The van der Waals surface area contributed by atoms with Crippen LogP contribution in [-0.4, -0.2) is 25.6 Å². The second-order valence-corrected chi connectivity index (χ2v) is 5.25. The summed E-state index contributed by atoms with van der Waals surface area (Å²) < 4.78 is 10.0. The first-order valence-electron chi connectivity index (χ1n) is 7.69. The maximum absolute atomic E-state index is 11.8. The molecule has 2 aromatic carbocycles. The van der Waals surface area contributed by atoms with E-state index >= 15 is 0 Å². The van der Waals surface area contributed by atoms with Crippen LogP contribution in [0.25, 0.3) is 0 Å². The van der Waals surface area contributed by atoms with Gasteiger partial charge >= 0.3 is 5.97 Å². The molecule has 0 fully saturated rings. The number of nitriles is 1. The zero-order valence-corrected chi connectivity index (χ0v) is 13.8. The molecular formula is C19H18N2O4. The van der Waals surface area contributed by atoms with Crippen molar-refractivity contribution in [3.05, 3.63) is 59.7 Å². The summed E-state index contributed by atoms with van der Waals surface area (Å²) in [5, 5.41) is 11.4. The fraction of sp³-hybridized carbons (Fsp3) is 0.211. The smallest absolute Gasteiger partial charge is 0.306 e. The number of esters is 1. The standard InChI is InChI=1S/C19H18N2O4/c1-24-17-4-2-3-16(11-17)21-18(22)13-25-19(23)10-9-14-5-7-15(12-20)8-6-14/h2-8,11H,9-10,13H2,1H3,(H,21,22). The van der Waals surface area contributed by atoms with Crippen molar-refractivity contribution in [3.63, 3.8) is 0 Å². The minimum atomic E-state index is -0.454. The SMILES string of the molecule is COc1cccc(NC(=O)COC(=O)CCc2ccc(C#N)cc2)c1. The minimum absolute atomic E-state index is 0.165. The van der Waals surface area contributed by atoms with Crippen molar-refractivity contribution < 1.29 is 19.1 Å². The summed E-state index contributed by atoms with van der Waals surface area (Å²) in [6.07, 6.45) is 0.653. The van der Waals surface area contributed by atoms with E-state index in [2.05, 4.69) is 5.32 Å². The van der Waals surface area contributed by atoms with Crippen molar-refractivity contribution >= 4 is 17.6 Å². The molecule has 0 saturated carbocycles. The number of nitrogens with one attached hydrogen (secondary N) is 1. The number of methoxy groups -OCH3 is 1. The molecule has 25 heavy (non-hydrogen) atoms. The third-order valence-electron chi connectivity index (χ3n) is 3.42. The lowest BCUT2D eigenvalue weighted by Crippen LogP contribution is -2.21. The molecule has 0 aliphatic carbocycles. The van der Waals surface area contributed by atoms with Gasteiger partial charge in [-0.15, -0.1) is 0 Å². The molecule has 1 N–H and O–H groups in total. The van der Waals surface area contributed by atoms with Gasteiger partial charge in [0.05, 0.1) is 18.7 Å². The van der Waals surface area contributed by atoms with Gasteiger partial charge < -0.3 is 14.8 Å². The third-order valence-corrected chi connectivity index (χ3v) is 3.42. The van der Waals surface area contributed by atoms with Crippen LogP contribution in [0.15, 0.2) is 48.5 Å². The highest BCUT2D eigenvalue weighted by molar-refractivity contribution is 5.92. The topological polar surface area (TPSA) is 88.4 Å². The van der Waals surface area contributed by atoms with E-state index in [1.807, 2.05) is 6.07 Å².